The number of carboxylic acid groups (broad SMARTS) is 1. The van der Waals surface area contributed by atoms with Crippen molar-refractivity contribution < 1.29 is 15.0 Å². The topological polar surface area (TPSA) is 57.5 Å². The number of rotatable bonds is 3. The average molecular weight is 220 g/mol. The first-order valence-electron chi connectivity index (χ1n) is 5.68. The summed E-state index contributed by atoms with van der Waals surface area (Å²) in [5.74, 6) is -0.639. The number of aromatic hydroxyl groups is 1. The Hall–Kier alpha value is -1.51. The van der Waals surface area contributed by atoms with E-state index in [2.05, 4.69) is 0 Å². The standard InChI is InChI=1S/C13H16O3/c1-2-10(13(15)16)12-5-3-8-7-9(14)4-6-11(8)12/h4,6-7,10,12,14H,2-3,5H2,1H3,(H,15,16)/t10?,12-/m0/s1. The molecule has 1 unspecified atom stereocenters. The summed E-state index contributed by atoms with van der Waals surface area (Å²) in [6.07, 6.45) is 2.40. The Morgan fingerprint density at radius 2 is 2.31 bits per heavy atom. The van der Waals surface area contributed by atoms with Gasteiger partial charge in [0.05, 0.1) is 5.92 Å². The van der Waals surface area contributed by atoms with Gasteiger partial charge in [0.2, 0.25) is 0 Å². The summed E-state index contributed by atoms with van der Waals surface area (Å²) in [5, 5.41) is 18.5. The van der Waals surface area contributed by atoms with Gasteiger partial charge in [0, 0.05) is 0 Å². The predicted molar refractivity (Wildman–Crippen MR) is 60.6 cm³/mol. The van der Waals surface area contributed by atoms with Gasteiger partial charge in [0.25, 0.3) is 0 Å². The molecule has 0 saturated carbocycles. The largest absolute Gasteiger partial charge is 0.508 e. The van der Waals surface area contributed by atoms with Gasteiger partial charge in [-0.05, 0) is 48.4 Å². The van der Waals surface area contributed by atoms with Gasteiger partial charge in [-0.25, -0.2) is 0 Å². The van der Waals surface area contributed by atoms with E-state index in [1.807, 2.05) is 13.0 Å². The molecular formula is C13H16O3. The number of phenolic OH excluding ortho intramolecular Hbond substituents is 1. The van der Waals surface area contributed by atoms with Gasteiger partial charge in [-0.1, -0.05) is 13.0 Å². The summed E-state index contributed by atoms with van der Waals surface area (Å²) in [4.78, 5) is 11.1. The SMILES string of the molecule is CCC(C(=O)O)[C@@H]1CCc2cc(O)ccc21. The maximum absolute atomic E-state index is 11.1. The van der Waals surface area contributed by atoms with E-state index in [1.165, 1.54) is 0 Å². The van der Waals surface area contributed by atoms with E-state index in [9.17, 15) is 9.90 Å². The Bertz CT molecular complexity index is 412. The third kappa shape index (κ3) is 1.77. The van der Waals surface area contributed by atoms with E-state index in [0.717, 1.165) is 24.0 Å². The van der Waals surface area contributed by atoms with Crippen molar-refractivity contribution in [2.24, 2.45) is 5.92 Å². The van der Waals surface area contributed by atoms with Crippen LogP contribution in [0.5, 0.6) is 5.75 Å². The second kappa shape index (κ2) is 4.16. The number of hydrogen-bond acceptors (Lipinski definition) is 2. The number of fused-ring (bicyclic) bond motifs is 1. The minimum Gasteiger partial charge on any atom is -0.508 e. The number of hydrogen-bond donors (Lipinski definition) is 2. The molecular weight excluding hydrogens is 204 g/mol. The summed E-state index contributed by atoms with van der Waals surface area (Å²) < 4.78 is 0. The Morgan fingerprint density at radius 1 is 1.56 bits per heavy atom. The van der Waals surface area contributed by atoms with Crippen molar-refractivity contribution in [2.75, 3.05) is 0 Å². The first-order valence-corrected chi connectivity index (χ1v) is 5.68. The van der Waals surface area contributed by atoms with E-state index >= 15 is 0 Å². The second-order valence-corrected chi connectivity index (χ2v) is 4.38. The van der Waals surface area contributed by atoms with Crippen LogP contribution in [-0.2, 0) is 11.2 Å². The fourth-order valence-corrected chi connectivity index (χ4v) is 2.69. The van der Waals surface area contributed by atoms with E-state index in [-0.39, 0.29) is 17.6 Å². The molecule has 0 bridgehead atoms. The van der Waals surface area contributed by atoms with Crippen LogP contribution >= 0.6 is 0 Å². The first-order chi connectivity index (χ1) is 7.63. The quantitative estimate of drug-likeness (QED) is 0.823. The van der Waals surface area contributed by atoms with Crippen LogP contribution in [0.2, 0.25) is 0 Å². The van der Waals surface area contributed by atoms with Crippen molar-refractivity contribution in [2.45, 2.75) is 32.1 Å². The summed E-state index contributed by atoms with van der Waals surface area (Å²) in [5.41, 5.74) is 2.21. The molecule has 0 fully saturated rings. The maximum atomic E-state index is 11.1. The van der Waals surface area contributed by atoms with Gasteiger partial charge >= 0.3 is 5.97 Å². The van der Waals surface area contributed by atoms with Gasteiger partial charge < -0.3 is 10.2 Å². The average Bonchev–Trinajstić information content (AvgIpc) is 2.62. The second-order valence-electron chi connectivity index (χ2n) is 4.38. The number of phenols is 1. The molecule has 0 radical (unpaired) electrons. The predicted octanol–water partition coefficient (Wildman–Crippen LogP) is 2.53. The zero-order valence-corrected chi connectivity index (χ0v) is 9.31. The lowest BCUT2D eigenvalue weighted by Gasteiger charge is -2.18. The van der Waals surface area contributed by atoms with Crippen LogP contribution in [-0.4, -0.2) is 16.2 Å². The minimum atomic E-state index is -0.714. The van der Waals surface area contributed by atoms with Crippen molar-refractivity contribution in [1.29, 1.82) is 0 Å². The van der Waals surface area contributed by atoms with Gasteiger partial charge in [-0.15, -0.1) is 0 Å². The fourth-order valence-electron chi connectivity index (χ4n) is 2.69. The van der Waals surface area contributed by atoms with Crippen LogP contribution in [0.25, 0.3) is 0 Å². The molecule has 1 aliphatic carbocycles. The minimum absolute atomic E-state index is 0.109. The fraction of sp³-hybridized carbons (Fsp3) is 0.462. The lowest BCUT2D eigenvalue weighted by Crippen LogP contribution is -2.19. The van der Waals surface area contributed by atoms with Crippen molar-refractivity contribution in [1.82, 2.24) is 0 Å². The Kier molecular flexibility index (Phi) is 2.86. The van der Waals surface area contributed by atoms with Crippen LogP contribution in [0.4, 0.5) is 0 Å². The monoisotopic (exact) mass is 220 g/mol. The van der Waals surface area contributed by atoms with E-state index < -0.39 is 5.97 Å². The molecule has 1 aromatic rings. The van der Waals surface area contributed by atoms with E-state index in [1.54, 1.807) is 12.1 Å². The third-order valence-electron chi connectivity index (χ3n) is 3.49. The van der Waals surface area contributed by atoms with Crippen molar-refractivity contribution in [3.8, 4) is 5.75 Å². The molecule has 2 atom stereocenters. The summed E-state index contributed by atoms with van der Waals surface area (Å²) in [6, 6.07) is 5.27. The van der Waals surface area contributed by atoms with Crippen LogP contribution in [0.3, 0.4) is 0 Å². The lowest BCUT2D eigenvalue weighted by atomic mass is 9.85. The Balaban J connectivity index is 2.32. The molecule has 2 rings (SSSR count). The van der Waals surface area contributed by atoms with Gasteiger partial charge in [-0.2, -0.15) is 0 Å². The van der Waals surface area contributed by atoms with Gasteiger partial charge in [0.15, 0.2) is 0 Å². The van der Waals surface area contributed by atoms with Crippen molar-refractivity contribution in [3.63, 3.8) is 0 Å². The molecule has 1 aromatic carbocycles. The number of carboxylic acids is 1. The molecule has 0 amide bonds. The van der Waals surface area contributed by atoms with Gasteiger partial charge in [0.1, 0.15) is 5.75 Å². The summed E-state index contributed by atoms with van der Waals surface area (Å²) >= 11 is 0. The van der Waals surface area contributed by atoms with Crippen molar-refractivity contribution >= 4 is 5.97 Å². The molecule has 0 saturated heterocycles. The zero-order chi connectivity index (χ0) is 11.7. The van der Waals surface area contributed by atoms with Crippen LogP contribution in [0.1, 0.15) is 36.8 Å². The van der Waals surface area contributed by atoms with E-state index in [4.69, 9.17) is 5.11 Å². The molecule has 3 nitrogen and oxygen atoms in total. The van der Waals surface area contributed by atoms with E-state index in [0.29, 0.717) is 6.42 Å². The molecule has 0 aromatic heterocycles. The molecule has 1 aliphatic rings. The van der Waals surface area contributed by atoms with Crippen molar-refractivity contribution in [3.05, 3.63) is 29.3 Å². The number of carbonyl (C=O) groups is 1. The molecule has 16 heavy (non-hydrogen) atoms. The molecule has 2 N–H and O–H groups in total. The lowest BCUT2D eigenvalue weighted by molar-refractivity contribution is -0.142. The van der Waals surface area contributed by atoms with Gasteiger partial charge in [-0.3, -0.25) is 4.79 Å². The number of aryl methyl sites for hydroxylation is 1. The number of benzene rings is 1. The maximum Gasteiger partial charge on any atom is 0.307 e. The molecule has 86 valence electrons. The van der Waals surface area contributed by atoms with Crippen LogP contribution in [0, 0.1) is 5.92 Å². The highest BCUT2D eigenvalue weighted by molar-refractivity contribution is 5.71. The normalized spacial score (nSPS) is 20.4. The summed E-state index contributed by atoms with van der Waals surface area (Å²) in [6.45, 7) is 1.91. The zero-order valence-electron chi connectivity index (χ0n) is 9.31. The highest BCUT2D eigenvalue weighted by Gasteiger charge is 2.32. The van der Waals surface area contributed by atoms with Crippen LogP contribution in [0.15, 0.2) is 18.2 Å². The first kappa shape index (κ1) is 11.0. The van der Waals surface area contributed by atoms with Crippen LogP contribution < -0.4 is 0 Å². The highest BCUT2D eigenvalue weighted by Crippen LogP contribution is 2.40. The Labute approximate surface area is 94.7 Å². The molecule has 0 heterocycles. The number of aliphatic carboxylic acids is 1. The third-order valence-corrected chi connectivity index (χ3v) is 3.49. The Morgan fingerprint density at radius 3 is 2.94 bits per heavy atom. The highest BCUT2D eigenvalue weighted by atomic mass is 16.4. The molecule has 0 spiro atoms. The summed E-state index contributed by atoms with van der Waals surface area (Å²) in [7, 11) is 0. The smallest absolute Gasteiger partial charge is 0.307 e. The molecule has 0 aliphatic heterocycles. The molecule has 3 heteroatoms.